The van der Waals surface area contributed by atoms with Crippen molar-refractivity contribution in [3.63, 3.8) is 0 Å². The summed E-state index contributed by atoms with van der Waals surface area (Å²) in [5, 5.41) is 4.83. The Hall–Kier alpha value is -1.54. The first-order valence-corrected chi connectivity index (χ1v) is 11.6. The maximum atomic E-state index is 12.8. The highest BCUT2D eigenvalue weighted by Crippen LogP contribution is 2.29. The van der Waals surface area contributed by atoms with Crippen LogP contribution in [0.5, 0.6) is 5.75 Å². The van der Waals surface area contributed by atoms with E-state index >= 15 is 0 Å². The van der Waals surface area contributed by atoms with Gasteiger partial charge in [-0.2, -0.15) is 9.78 Å². The van der Waals surface area contributed by atoms with Crippen molar-refractivity contribution in [2.24, 2.45) is 5.10 Å². The monoisotopic (exact) mass is 695 g/mol. The van der Waals surface area contributed by atoms with E-state index < -0.39 is 12.1 Å². The molecule has 0 bridgehead atoms. The van der Waals surface area contributed by atoms with E-state index in [-0.39, 0.29) is 5.56 Å². The lowest BCUT2D eigenvalue weighted by Gasteiger charge is -2.15. The van der Waals surface area contributed by atoms with Gasteiger partial charge in [-0.3, -0.25) is 4.79 Å². The Morgan fingerprint density at radius 1 is 1.27 bits per heavy atom. The fourth-order valence-electron chi connectivity index (χ4n) is 2.68. The summed E-state index contributed by atoms with van der Waals surface area (Å²) in [6.07, 6.45) is 0.873. The lowest BCUT2D eigenvalue weighted by atomic mass is 10.2. The number of esters is 1. The van der Waals surface area contributed by atoms with Gasteiger partial charge in [-0.25, -0.2) is 9.78 Å². The first kappa shape index (κ1) is 23.1. The highest BCUT2D eigenvalue weighted by Gasteiger charge is 2.18. The van der Waals surface area contributed by atoms with Crippen molar-refractivity contribution in [3.05, 3.63) is 63.7 Å². The van der Waals surface area contributed by atoms with E-state index in [0.717, 1.165) is 17.2 Å². The van der Waals surface area contributed by atoms with Crippen molar-refractivity contribution in [1.29, 1.82) is 0 Å². The van der Waals surface area contributed by atoms with Gasteiger partial charge in [0.2, 0.25) is 0 Å². The molecule has 10 heteroatoms. The second-order valence-corrected chi connectivity index (χ2v) is 9.52. The Kier molecular flexibility index (Phi) is 7.50. The summed E-state index contributed by atoms with van der Waals surface area (Å²) in [6.45, 7) is 3.37. The van der Waals surface area contributed by atoms with Crippen molar-refractivity contribution >= 4 is 84.2 Å². The molecule has 1 atom stereocenters. The molecule has 2 aromatic carbocycles. The van der Waals surface area contributed by atoms with Gasteiger partial charge in [0.05, 0.1) is 31.4 Å². The molecule has 0 amide bonds. The van der Waals surface area contributed by atoms with Gasteiger partial charge >= 0.3 is 5.97 Å². The van der Waals surface area contributed by atoms with Crippen LogP contribution in [0.15, 0.2) is 44.7 Å². The SMILES string of the molecule is COC(=O)[C@@H](C)Oc1c(I)cc(C=Nn2c(C)nc3ccc(Br)cc3c2=O)cc1I. The zero-order chi connectivity index (χ0) is 22.0. The van der Waals surface area contributed by atoms with Crippen LogP contribution in [-0.2, 0) is 9.53 Å². The molecule has 3 rings (SSSR count). The number of aryl methyl sites for hydroxylation is 1. The number of methoxy groups -OCH3 is 1. The minimum Gasteiger partial charge on any atom is -0.477 e. The molecule has 0 aliphatic heterocycles. The minimum absolute atomic E-state index is 0.244. The molecule has 1 heterocycles. The van der Waals surface area contributed by atoms with E-state index in [2.05, 4.69) is 71.2 Å². The zero-order valence-electron chi connectivity index (χ0n) is 16.1. The Morgan fingerprint density at radius 2 is 1.93 bits per heavy atom. The van der Waals surface area contributed by atoms with Gasteiger partial charge in [0.25, 0.3) is 5.56 Å². The van der Waals surface area contributed by atoms with Crippen LogP contribution in [0.2, 0.25) is 0 Å². The third kappa shape index (κ3) is 5.02. The number of rotatable bonds is 5. The summed E-state index contributed by atoms with van der Waals surface area (Å²) in [5.41, 5.74) is 1.16. The van der Waals surface area contributed by atoms with Gasteiger partial charge < -0.3 is 9.47 Å². The molecular weight excluding hydrogens is 680 g/mol. The Morgan fingerprint density at radius 3 is 2.57 bits per heavy atom. The van der Waals surface area contributed by atoms with Gasteiger partial charge in [-0.05, 0) is 94.9 Å². The van der Waals surface area contributed by atoms with Gasteiger partial charge in [-0.15, -0.1) is 0 Å². The summed E-state index contributed by atoms with van der Waals surface area (Å²) in [5.74, 6) is 0.636. The molecule has 0 aliphatic carbocycles. The van der Waals surface area contributed by atoms with Crippen LogP contribution in [0.25, 0.3) is 10.9 Å². The lowest BCUT2D eigenvalue weighted by Crippen LogP contribution is -2.25. The number of aromatic nitrogens is 2. The third-order valence-corrected chi connectivity index (χ3v) is 6.24. The van der Waals surface area contributed by atoms with Crippen LogP contribution in [0.1, 0.15) is 18.3 Å². The van der Waals surface area contributed by atoms with Crippen LogP contribution in [0.3, 0.4) is 0 Å². The maximum absolute atomic E-state index is 12.8. The first-order valence-electron chi connectivity index (χ1n) is 8.68. The van der Waals surface area contributed by atoms with E-state index in [0.29, 0.717) is 22.5 Å². The van der Waals surface area contributed by atoms with Crippen LogP contribution < -0.4 is 10.3 Å². The standard InChI is InChI=1S/C20H16BrI2N3O4/c1-10(20(28)29-3)30-18-15(22)6-12(7-16(18)23)9-24-26-11(2)25-17-5-4-13(21)8-14(17)19(26)27/h4-10H,1-3H3/t10-/m1/s1. The van der Waals surface area contributed by atoms with Crippen molar-refractivity contribution in [2.45, 2.75) is 20.0 Å². The quantitative estimate of drug-likeness (QED) is 0.223. The smallest absolute Gasteiger partial charge is 0.346 e. The summed E-state index contributed by atoms with van der Waals surface area (Å²) in [4.78, 5) is 28.9. The average molecular weight is 696 g/mol. The number of halogens is 3. The van der Waals surface area contributed by atoms with E-state index in [1.54, 1.807) is 32.2 Å². The van der Waals surface area contributed by atoms with Gasteiger partial charge in [0.1, 0.15) is 11.6 Å². The lowest BCUT2D eigenvalue weighted by molar-refractivity contribution is -0.147. The molecule has 156 valence electrons. The van der Waals surface area contributed by atoms with Crippen molar-refractivity contribution in [1.82, 2.24) is 9.66 Å². The van der Waals surface area contributed by atoms with Gasteiger partial charge in [0, 0.05) is 4.47 Å². The average Bonchev–Trinajstić information content (AvgIpc) is 2.70. The summed E-state index contributed by atoms with van der Waals surface area (Å²) >= 11 is 7.65. The normalized spacial score (nSPS) is 12.3. The number of carbonyl (C=O) groups is 1. The topological polar surface area (TPSA) is 82.8 Å². The number of hydrogen-bond acceptors (Lipinski definition) is 6. The van der Waals surface area contributed by atoms with Crippen molar-refractivity contribution in [2.75, 3.05) is 7.11 Å². The zero-order valence-corrected chi connectivity index (χ0v) is 22.1. The Bertz CT molecular complexity index is 1200. The van der Waals surface area contributed by atoms with Crippen molar-refractivity contribution < 1.29 is 14.3 Å². The van der Waals surface area contributed by atoms with E-state index in [1.807, 2.05) is 18.2 Å². The highest BCUT2D eigenvalue weighted by molar-refractivity contribution is 14.1. The fourth-order valence-corrected chi connectivity index (χ4v) is 5.11. The summed E-state index contributed by atoms with van der Waals surface area (Å²) in [7, 11) is 1.32. The molecule has 7 nitrogen and oxygen atoms in total. The Labute approximate surface area is 208 Å². The Balaban J connectivity index is 1.95. The maximum Gasteiger partial charge on any atom is 0.346 e. The number of hydrogen-bond donors (Lipinski definition) is 0. The molecule has 0 saturated carbocycles. The largest absolute Gasteiger partial charge is 0.477 e. The molecule has 30 heavy (non-hydrogen) atoms. The fraction of sp³-hybridized carbons (Fsp3) is 0.200. The van der Waals surface area contributed by atoms with Crippen LogP contribution >= 0.6 is 61.1 Å². The molecule has 0 radical (unpaired) electrons. The van der Waals surface area contributed by atoms with Gasteiger partial charge in [0.15, 0.2) is 6.10 Å². The minimum atomic E-state index is -0.722. The molecule has 0 spiro atoms. The molecule has 0 saturated heterocycles. The van der Waals surface area contributed by atoms with E-state index in [9.17, 15) is 9.59 Å². The molecular formula is C20H16BrI2N3O4. The molecule has 0 aliphatic rings. The molecule has 0 unspecified atom stereocenters. The molecule has 3 aromatic rings. The third-order valence-electron chi connectivity index (χ3n) is 4.14. The highest BCUT2D eigenvalue weighted by atomic mass is 127. The predicted molar refractivity (Wildman–Crippen MR) is 135 cm³/mol. The number of carbonyl (C=O) groups excluding carboxylic acids is 1. The number of ether oxygens (including phenoxy) is 2. The van der Waals surface area contributed by atoms with Crippen LogP contribution in [0.4, 0.5) is 0 Å². The van der Waals surface area contributed by atoms with Gasteiger partial charge in [-0.1, -0.05) is 15.9 Å². The van der Waals surface area contributed by atoms with Crippen LogP contribution in [-0.4, -0.2) is 35.1 Å². The van der Waals surface area contributed by atoms with E-state index in [1.165, 1.54) is 11.8 Å². The number of fused-ring (bicyclic) bond motifs is 1. The summed E-state index contributed by atoms with van der Waals surface area (Å²) < 4.78 is 14.1. The second kappa shape index (κ2) is 9.73. The van der Waals surface area contributed by atoms with E-state index in [4.69, 9.17) is 9.47 Å². The first-order chi connectivity index (χ1) is 14.2. The van der Waals surface area contributed by atoms with Crippen molar-refractivity contribution in [3.8, 4) is 5.75 Å². The molecule has 0 fully saturated rings. The second-order valence-electron chi connectivity index (χ2n) is 6.28. The molecule has 1 aromatic heterocycles. The predicted octanol–water partition coefficient (Wildman–Crippen LogP) is 4.50. The summed E-state index contributed by atoms with van der Waals surface area (Å²) in [6, 6.07) is 9.08. The number of benzene rings is 2. The molecule has 0 N–H and O–H groups in total. The number of nitrogens with zero attached hydrogens (tertiary/aromatic N) is 3. The van der Waals surface area contributed by atoms with Crippen LogP contribution in [0, 0.1) is 14.1 Å².